The van der Waals surface area contributed by atoms with E-state index < -0.39 is 0 Å². The third-order valence-electron chi connectivity index (χ3n) is 4.32. The van der Waals surface area contributed by atoms with Crippen molar-refractivity contribution in [3.05, 3.63) is 24.4 Å². The highest BCUT2D eigenvalue weighted by Crippen LogP contribution is 2.38. The van der Waals surface area contributed by atoms with Crippen molar-refractivity contribution in [1.82, 2.24) is 4.98 Å². The van der Waals surface area contributed by atoms with Gasteiger partial charge in [-0.15, -0.1) is 0 Å². The first-order valence-corrected chi connectivity index (χ1v) is 7.31. The van der Waals surface area contributed by atoms with Gasteiger partial charge in [0.2, 0.25) is 6.79 Å². The standard InChI is InChI=1S/C16H18N2O3/c1-19-12-3-2-11(7-12)18-16-13-8-15-14(20-9-21-15)6-10(13)4-5-17-16/h4-6,8,11-12H,2-3,7,9H2,1H3,(H,17,18). The fourth-order valence-corrected chi connectivity index (χ4v) is 3.16. The zero-order chi connectivity index (χ0) is 14.2. The Labute approximate surface area is 123 Å². The Bertz CT molecular complexity index is 674. The molecule has 21 heavy (non-hydrogen) atoms. The van der Waals surface area contributed by atoms with Crippen molar-refractivity contribution >= 4 is 16.6 Å². The van der Waals surface area contributed by atoms with E-state index in [1.54, 1.807) is 7.11 Å². The maximum absolute atomic E-state index is 5.47. The summed E-state index contributed by atoms with van der Waals surface area (Å²) in [6.45, 7) is 0.292. The van der Waals surface area contributed by atoms with E-state index in [1.165, 1.54) is 0 Å². The van der Waals surface area contributed by atoms with E-state index >= 15 is 0 Å². The Balaban J connectivity index is 1.66. The lowest BCUT2D eigenvalue weighted by atomic mass is 10.1. The van der Waals surface area contributed by atoms with Crippen molar-refractivity contribution < 1.29 is 14.2 Å². The van der Waals surface area contributed by atoms with Gasteiger partial charge >= 0.3 is 0 Å². The van der Waals surface area contributed by atoms with Gasteiger partial charge in [0.25, 0.3) is 0 Å². The van der Waals surface area contributed by atoms with Gasteiger partial charge in [-0.2, -0.15) is 0 Å². The van der Waals surface area contributed by atoms with E-state index in [-0.39, 0.29) is 0 Å². The van der Waals surface area contributed by atoms with Crippen molar-refractivity contribution in [2.24, 2.45) is 0 Å². The van der Waals surface area contributed by atoms with Crippen LogP contribution in [0.25, 0.3) is 10.8 Å². The molecule has 1 aliphatic carbocycles. The monoisotopic (exact) mass is 286 g/mol. The summed E-state index contributed by atoms with van der Waals surface area (Å²) < 4.78 is 16.3. The fraction of sp³-hybridized carbons (Fsp3) is 0.438. The summed E-state index contributed by atoms with van der Waals surface area (Å²) >= 11 is 0. The molecule has 2 aromatic rings. The van der Waals surface area contributed by atoms with Crippen LogP contribution in [0.5, 0.6) is 11.5 Å². The minimum Gasteiger partial charge on any atom is -0.454 e. The Morgan fingerprint density at radius 2 is 2.10 bits per heavy atom. The number of nitrogens with zero attached hydrogens (tertiary/aromatic N) is 1. The lowest BCUT2D eigenvalue weighted by molar-refractivity contribution is 0.108. The van der Waals surface area contributed by atoms with Crippen LogP contribution in [0.15, 0.2) is 24.4 Å². The van der Waals surface area contributed by atoms with E-state index in [0.29, 0.717) is 18.9 Å². The maximum Gasteiger partial charge on any atom is 0.231 e. The molecule has 1 saturated carbocycles. The Morgan fingerprint density at radius 3 is 2.90 bits per heavy atom. The van der Waals surface area contributed by atoms with Crippen molar-refractivity contribution in [3.63, 3.8) is 0 Å². The van der Waals surface area contributed by atoms with Gasteiger partial charge < -0.3 is 19.5 Å². The molecule has 110 valence electrons. The van der Waals surface area contributed by atoms with Crippen molar-refractivity contribution in [1.29, 1.82) is 0 Å². The van der Waals surface area contributed by atoms with Crippen LogP contribution in [0.3, 0.4) is 0 Å². The minimum atomic E-state index is 0.292. The predicted octanol–water partition coefficient (Wildman–Crippen LogP) is 2.94. The first kappa shape index (κ1) is 12.7. The molecule has 1 fully saturated rings. The molecule has 2 unspecified atom stereocenters. The Morgan fingerprint density at radius 1 is 1.24 bits per heavy atom. The molecule has 0 spiro atoms. The summed E-state index contributed by atoms with van der Waals surface area (Å²) in [7, 11) is 1.78. The minimum absolute atomic E-state index is 0.292. The van der Waals surface area contributed by atoms with Crippen molar-refractivity contribution in [3.8, 4) is 11.5 Å². The molecule has 0 amide bonds. The molecule has 0 bridgehead atoms. The second kappa shape index (κ2) is 5.07. The van der Waals surface area contributed by atoms with Crippen LogP contribution in [0, 0.1) is 0 Å². The van der Waals surface area contributed by atoms with Crippen molar-refractivity contribution in [2.45, 2.75) is 31.4 Å². The Hall–Kier alpha value is -2.01. The number of rotatable bonds is 3. The highest BCUT2D eigenvalue weighted by Gasteiger charge is 2.25. The van der Waals surface area contributed by atoms with Gasteiger partial charge in [0.1, 0.15) is 5.82 Å². The molecule has 1 aromatic carbocycles. The number of fused-ring (bicyclic) bond motifs is 2. The second-order valence-corrected chi connectivity index (χ2v) is 5.60. The first-order valence-electron chi connectivity index (χ1n) is 7.31. The van der Waals surface area contributed by atoms with Crippen LogP contribution in [-0.4, -0.2) is 31.0 Å². The van der Waals surface area contributed by atoms with Gasteiger partial charge in [0, 0.05) is 24.7 Å². The summed E-state index contributed by atoms with van der Waals surface area (Å²) in [5, 5.41) is 5.73. The van der Waals surface area contributed by atoms with E-state index in [4.69, 9.17) is 14.2 Å². The van der Waals surface area contributed by atoms with E-state index in [1.807, 2.05) is 24.4 Å². The molecule has 0 radical (unpaired) electrons. The number of methoxy groups -OCH3 is 1. The van der Waals surface area contributed by atoms with Crippen LogP contribution < -0.4 is 14.8 Å². The summed E-state index contributed by atoms with van der Waals surface area (Å²) in [4.78, 5) is 4.50. The summed E-state index contributed by atoms with van der Waals surface area (Å²) in [5.41, 5.74) is 0. The number of benzene rings is 1. The Kier molecular flexibility index (Phi) is 3.07. The number of hydrogen-bond donors (Lipinski definition) is 1. The van der Waals surface area contributed by atoms with Gasteiger partial charge in [-0.05, 0) is 42.8 Å². The molecule has 2 aliphatic rings. The van der Waals surface area contributed by atoms with Crippen LogP contribution in [0.4, 0.5) is 5.82 Å². The SMILES string of the molecule is COC1CCC(Nc2nccc3cc4c(cc23)OCO4)C1. The molecule has 5 nitrogen and oxygen atoms in total. The number of anilines is 1. The van der Waals surface area contributed by atoms with E-state index in [9.17, 15) is 0 Å². The lowest BCUT2D eigenvalue weighted by Crippen LogP contribution is -2.18. The van der Waals surface area contributed by atoms with Gasteiger partial charge in [0.05, 0.1) is 6.10 Å². The lowest BCUT2D eigenvalue weighted by Gasteiger charge is -2.15. The largest absolute Gasteiger partial charge is 0.454 e. The highest BCUT2D eigenvalue weighted by atomic mass is 16.7. The number of hydrogen-bond acceptors (Lipinski definition) is 5. The highest BCUT2D eigenvalue weighted by molar-refractivity contribution is 5.94. The molecular weight excluding hydrogens is 268 g/mol. The molecule has 5 heteroatoms. The quantitative estimate of drug-likeness (QED) is 0.940. The average Bonchev–Trinajstić information content (AvgIpc) is 3.13. The first-order chi connectivity index (χ1) is 10.3. The smallest absolute Gasteiger partial charge is 0.231 e. The molecule has 1 N–H and O–H groups in total. The third-order valence-corrected chi connectivity index (χ3v) is 4.32. The zero-order valence-corrected chi connectivity index (χ0v) is 12.0. The average molecular weight is 286 g/mol. The van der Waals surface area contributed by atoms with Crippen LogP contribution in [0.2, 0.25) is 0 Å². The summed E-state index contributed by atoms with van der Waals surface area (Å²) in [6.07, 6.45) is 5.43. The van der Waals surface area contributed by atoms with Crippen LogP contribution in [-0.2, 0) is 4.74 Å². The second-order valence-electron chi connectivity index (χ2n) is 5.60. The molecule has 2 atom stereocenters. The molecule has 1 aromatic heterocycles. The van der Waals surface area contributed by atoms with E-state index in [2.05, 4.69) is 10.3 Å². The number of pyridine rings is 1. The molecule has 4 rings (SSSR count). The zero-order valence-electron chi connectivity index (χ0n) is 12.0. The molecule has 0 saturated heterocycles. The third kappa shape index (κ3) is 2.27. The maximum atomic E-state index is 5.47. The predicted molar refractivity (Wildman–Crippen MR) is 79.9 cm³/mol. The van der Waals surface area contributed by atoms with Gasteiger partial charge in [0.15, 0.2) is 11.5 Å². The topological polar surface area (TPSA) is 52.6 Å². The van der Waals surface area contributed by atoms with Gasteiger partial charge in [-0.25, -0.2) is 4.98 Å². The van der Waals surface area contributed by atoms with Crippen LogP contribution >= 0.6 is 0 Å². The van der Waals surface area contributed by atoms with Gasteiger partial charge in [-0.1, -0.05) is 0 Å². The fourth-order valence-electron chi connectivity index (χ4n) is 3.16. The molecular formula is C16H18N2O3. The molecule has 2 heterocycles. The van der Waals surface area contributed by atoms with Crippen LogP contribution in [0.1, 0.15) is 19.3 Å². The van der Waals surface area contributed by atoms with E-state index in [0.717, 1.165) is 47.4 Å². The summed E-state index contributed by atoms with van der Waals surface area (Å²) in [6, 6.07) is 6.43. The number of aromatic nitrogens is 1. The van der Waals surface area contributed by atoms with Gasteiger partial charge in [-0.3, -0.25) is 0 Å². The summed E-state index contributed by atoms with van der Waals surface area (Å²) in [5.74, 6) is 2.51. The normalized spacial score (nSPS) is 23.7. The van der Waals surface area contributed by atoms with Crippen molar-refractivity contribution in [2.75, 3.05) is 19.2 Å². The number of ether oxygens (including phenoxy) is 3. The number of nitrogens with one attached hydrogen (secondary N) is 1. The molecule has 1 aliphatic heterocycles.